The number of hydrogen-bond acceptors (Lipinski definition) is 4. The van der Waals surface area contributed by atoms with E-state index in [4.69, 9.17) is 20.8 Å². The zero-order valence-electron chi connectivity index (χ0n) is 13.9. The number of rotatable bonds is 1. The highest BCUT2D eigenvalue weighted by atomic mass is 35.5. The molecule has 130 valence electrons. The Bertz CT molecular complexity index is 835. The first-order chi connectivity index (χ1) is 12.0. The fourth-order valence-electron chi connectivity index (χ4n) is 3.57. The Hall–Kier alpha value is -2.27. The Kier molecular flexibility index (Phi) is 3.84. The van der Waals surface area contributed by atoms with E-state index < -0.39 is 5.60 Å². The van der Waals surface area contributed by atoms with Crippen LogP contribution < -0.4 is 4.74 Å². The van der Waals surface area contributed by atoms with Crippen LogP contribution in [0.25, 0.3) is 0 Å². The van der Waals surface area contributed by atoms with Crippen LogP contribution in [-0.2, 0) is 0 Å². The molecule has 2 aromatic rings. The fourth-order valence-corrected chi connectivity index (χ4v) is 3.73. The molecule has 0 saturated carbocycles. The number of likely N-dealkylation sites (tertiary alicyclic amines) is 1. The number of halogens is 1. The summed E-state index contributed by atoms with van der Waals surface area (Å²) < 4.78 is 11.4. The molecule has 1 fully saturated rings. The number of ether oxygens (including phenoxy) is 1. The number of ketones is 1. The van der Waals surface area contributed by atoms with E-state index in [1.807, 2.05) is 13.0 Å². The summed E-state index contributed by atoms with van der Waals surface area (Å²) in [7, 11) is 0. The van der Waals surface area contributed by atoms with Crippen molar-refractivity contribution in [2.75, 3.05) is 13.1 Å². The second kappa shape index (κ2) is 5.92. The second-order valence-corrected chi connectivity index (χ2v) is 7.16. The number of carbonyl (C=O) groups excluding carboxylic acids is 2. The molecule has 1 saturated heterocycles. The van der Waals surface area contributed by atoms with Gasteiger partial charge in [-0.05, 0) is 36.8 Å². The molecule has 6 heteroatoms. The smallest absolute Gasteiger partial charge is 0.289 e. The van der Waals surface area contributed by atoms with Gasteiger partial charge in [0.1, 0.15) is 11.4 Å². The second-order valence-electron chi connectivity index (χ2n) is 6.75. The molecule has 2 aliphatic heterocycles. The Labute approximate surface area is 150 Å². The van der Waals surface area contributed by atoms with Crippen LogP contribution in [0.15, 0.2) is 34.9 Å². The average Bonchev–Trinajstić information content (AvgIpc) is 3.11. The summed E-state index contributed by atoms with van der Waals surface area (Å²) in [5, 5.41) is 0.575. The van der Waals surface area contributed by atoms with Gasteiger partial charge in [-0.2, -0.15) is 0 Å². The summed E-state index contributed by atoms with van der Waals surface area (Å²) in [6.45, 7) is 2.96. The van der Waals surface area contributed by atoms with Crippen LogP contribution in [0.4, 0.5) is 0 Å². The third-order valence-corrected chi connectivity index (χ3v) is 5.47. The van der Waals surface area contributed by atoms with Crippen LogP contribution in [0.5, 0.6) is 5.75 Å². The molecule has 3 heterocycles. The number of carbonyl (C=O) groups is 2. The number of nitrogens with zero attached hydrogens (tertiary/aromatic N) is 1. The Balaban J connectivity index is 1.52. The van der Waals surface area contributed by atoms with E-state index in [1.54, 1.807) is 23.1 Å². The summed E-state index contributed by atoms with van der Waals surface area (Å²) in [5.41, 5.74) is 0.899. The van der Waals surface area contributed by atoms with Crippen molar-refractivity contribution in [1.29, 1.82) is 0 Å². The summed E-state index contributed by atoms with van der Waals surface area (Å²) in [5.74, 6) is 0.870. The number of Topliss-reactive ketones (excluding diaryl/α,β-unsaturated/α-hetero) is 1. The first-order valence-electron chi connectivity index (χ1n) is 8.33. The van der Waals surface area contributed by atoms with E-state index in [0.717, 1.165) is 5.56 Å². The highest BCUT2D eigenvalue weighted by molar-refractivity contribution is 6.31. The number of furan rings is 1. The Morgan fingerprint density at radius 2 is 2.04 bits per heavy atom. The van der Waals surface area contributed by atoms with Gasteiger partial charge in [0.25, 0.3) is 5.91 Å². The minimum Gasteiger partial charge on any atom is -0.486 e. The van der Waals surface area contributed by atoms with Gasteiger partial charge >= 0.3 is 0 Å². The van der Waals surface area contributed by atoms with Gasteiger partial charge in [-0.15, -0.1) is 0 Å². The lowest BCUT2D eigenvalue weighted by Gasteiger charge is -2.43. The molecular weight excluding hydrogens is 342 g/mol. The number of fused-ring (bicyclic) bond motifs is 1. The molecule has 2 aliphatic rings. The molecule has 0 radical (unpaired) electrons. The van der Waals surface area contributed by atoms with Crippen molar-refractivity contribution in [3.8, 4) is 5.75 Å². The molecule has 1 spiro atoms. The number of amides is 1. The van der Waals surface area contributed by atoms with E-state index in [9.17, 15) is 9.59 Å². The van der Waals surface area contributed by atoms with E-state index >= 15 is 0 Å². The lowest BCUT2D eigenvalue weighted by atomic mass is 9.82. The standard InChI is InChI=1S/C19H18ClNO4/c1-12-9-17-13(10-14(12)20)15(22)11-19(25-17)4-6-21(7-5-19)18(23)16-3-2-8-24-16/h2-3,8-10H,4-7,11H2,1H3. The molecule has 1 aromatic heterocycles. The molecule has 0 N–H and O–H groups in total. The normalized spacial score (nSPS) is 18.8. The van der Waals surface area contributed by atoms with Gasteiger partial charge in [-0.3, -0.25) is 9.59 Å². The highest BCUT2D eigenvalue weighted by Crippen LogP contribution is 2.41. The monoisotopic (exact) mass is 359 g/mol. The van der Waals surface area contributed by atoms with E-state index in [2.05, 4.69) is 0 Å². The molecule has 4 rings (SSSR count). The minimum atomic E-state index is -0.537. The van der Waals surface area contributed by atoms with Gasteiger partial charge in [0.15, 0.2) is 11.5 Å². The van der Waals surface area contributed by atoms with Crippen molar-refractivity contribution in [3.05, 3.63) is 52.4 Å². The van der Waals surface area contributed by atoms with E-state index in [0.29, 0.717) is 54.4 Å². The Morgan fingerprint density at radius 3 is 2.72 bits per heavy atom. The van der Waals surface area contributed by atoms with Crippen LogP contribution in [0.3, 0.4) is 0 Å². The van der Waals surface area contributed by atoms with E-state index in [-0.39, 0.29) is 11.7 Å². The summed E-state index contributed by atoms with van der Waals surface area (Å²) in [6.07, 6.45) is 3.05. The summed E-state index contributed by atoms with van der Waals surface area (Å²) >= 11 is 6.13. The highest BCUT2D eigenvalue weighted by Gasteiger charge is 2.44. The van der Waals surface area contributed by atoms with Crippen LogP contribution in [-0.4, -0.2) is 35.3 Å². The quantitative estimate of drug-likeness (QED) is 0.775. The average molecular weight is 360 g/mol. The van der Waals surface area contributed by atoms with Crippen LogP contribution >= 0.6 is 11.6 Å². The molecule has 1 amide bonds. The van der Waals surface area contributed by atoms with Gasteiger partial charge in [0.05, 0.1) is 18.2 Å². The molecule has 5 nitrogen and oxygen atoms in total. The summed E-state index contributed by atoms with van der Waals surface area (Å²) in [4.78, 5) is 26.7. The topological polar surface area (TPSA) is 59.8 Å². The molecule has 0 bridgehead atoms. The molecule has 0 atom stereocenters. The number of aryl methyl sites for hydroxylation is 1. The van der Waals surface area contributed by atoms with Crippen molar-refractivity contribution in [1.82, 2.24) is 4.90 Å². The molecule has 25 heavy (non-hydrogen) atoms. The lowest BCUT2D eigenvalue weighted by molar-refractivity contribution is -0.00644. The first-order valence-corrected chi connectivity index (χ1v) is 8.70. The van der Waals surface area contributed by atoms with Crippen LogP contribution in [0.1, 0.15) is 45.7 Å². The largest absolute Gasteiger partial charge is 0.486 e. The van der Waals surface area contributed by atoms with Crippen molar-refractivity contribution >= 4 is 23.3 Å². The van der Waals surface area contributed by atoms with Crippen molar-refractivity contribution in [3.63, 3.8) is 0 Å². The van der Waals surface area contributed by atoms with E-state index in [1.165, 1.54) is 6.26 Å². The third-order valence-electron chi connectivity index (χ3n) is 5.06. The predicted octanol–water partition coefficient (Wildman–Crippen LogP) is 3.88. The maximum atomic E-state index is 12.6. The van der Waals surface area contributed by atoms with Crippen molar-refractivity contribution < 1.29 is 18.7 Å². The summed E-state index contributed by atoms with van der Waals surface area (Å²) in [6, 6.07) is 6.88. The molecule has 0 aliphatic carbocycles. The SMILES string of the molecule is Cc1cc2c(cc1Cl)C(=O)CC1(CCN(C(=O)c3ccco3)CC1)O2. The minimum absolute atomic E-state index is 0.0500. The number of piperidine rings is 1. The van der Waals surface area contributed by atoms with Crippen molar-refractivity contribution in [2.45, 2.75) is 31.8 Å². The van der Waals surface area contributed by atoms with Gasteiger partial charge < -0.3 is 14.1 Å². The predicted molar refractivity (Wildman–Crippen MR) is 92.3 cm³/mol. The number of hydrogen-bond donors (Lipinski definition) is 0. The molecular formula is C19H18ClNO4. The third kappa shape index (κ3) is 2.82. The van der Waals surface area contributed by atoms with Gasteiger partial charge in [0.2, 0.25) is 0 Å². The van der Waals surface area contributed by atoms with Gasteiger partial charge in [-0.1, -0.05) is 11.6 Å². The lowest BCUT2D eigenvalue weighted by Crippen LogP contribution is -2.52. The van der Waals surface area contributed by atoms with Crippen LogP contribution in [0, 0.1) is 6.92 Å². The zero-order chi connectivity index (χ0) is 17.6. The maximum absolute atomic E-state index is 12.6. The Morgan fingerprint density at radius 1 is 1.28 bits per heavy atom. The first kappa shape index (κ1) is 16.2. The zero-order valence-corrected chi connectivity index (χ0v) is 14.6. The fraction of sp³-hybridized carbons (Fsp3) is 0.368. The maximum Gasteiger partial charge on any atom is 0.289 e. The number of benzene rings is 1. The van der Waals surface area contributed by atoms with Crippen molar-refractivity contribution in [2.24, 2.45) is 0 Å². The van der Waals surface area contributed by atoms with Gasteiger partial charge in [-0.25, -0.2) is 0 Å². The molecule has 0 unspecified atom stereocenters. The van der Waals surface area contributed by atoms with Gasteiger partial charge in [0, 0.05) is 31.0 Å². The molecule has 1 aromatic carbocycles. The van der Waals surface area contributed by atoms with Crippen LogP contribution in [0.2, 0.25) is 5.02 Å².